The zero-order valence-electron chi connectivity index (χ0n) is 16.3. The summed E-state index contributed by atoms with van der Waals surface area (Å²) in [4.78, 5) is 33.1. The number of para-hydroxylation sites is 1. The minimum atomic E-state index is -0.560. The highest BCUT2D eigenvalue weighted by Gasteiger charge is 2.35. The number of hydrogen-bond donors (Lipinski definition) is 3. The van der Waals surface area contributed by atoms with Crippen LogP contribution in [0.5, 0.6) is 5.88 Å². The molecule has 148 valence electrons. The van der Waals surface area contributed by atoms with Gasteiger partial charge in [0, 0.05) is 29.7 Å². The Balaban J connectivity index is 1.95. The summed E-state index contributed by atoms with van der Waals surface area (Å²) >= 11 is 0. The monoisotopic (exact) mass is 382 g/mol. The quantitative estimate of drug-likeness (QED) is 0.632. The van der Waals surface area contributed by atoms with Crippen molar-refractivity contribution in [2.75, 3.05) is 13.1 Å². The number of nitrogens with zero attached hydrogens (tertiary/aromatic N) is 2. The van der Waals surface area contributed by atoms with Crippen LogP contribution in [-0.4, -0.2) is 37.6 Å². The molecular weight excluding hydrogens is 356 g/mol. The Kier molecular flexibility index (Phi) is 4.85. The van der Waals surface area contributed by atoms with Gasteiger partial charge in [-0.15, -0.1) is 0 Å². The normalized spacial score (nSPS) is 17.1. The van der Waals surface area contributed by atoms with Gasteiger partial charge in [-0.05, 0) is 31.0 Å². The van der Waals surface area contributed by atoms with E-state index in [0.29, 0.717) is 6.54 Å². The molecular formula is C21H26N4O3. The van der Waals surface area contributed by atoms with E-state index in [1.165, 1.54) is 10.1 Å². The minimum absolute atomic E-state index is 0.225. The van der Waals surface area contributed by atoms with Gasteiger partial charge in [0.15, 0.2) is 0 Å². The van der Waals surface area contributed by atoms with Crippen molar-refractivity contribution in [2.24, 2.45) is 0 Å². The Labute approximate surface area is 162 Å². The number of benzene rings is 1. The van der Waals surface area contributed by atoms with Crippen LogP contribution >= 0.6 is 0 Å². The Bertz CT molecular complexity index is 1120. The van der Waals surface area contributed by atoms with Gasteiger partial charge in [0.05, 0.1) is 6.04 Å². The summed E-state index contributed by atoms with van der Waals surface area (Å²) in [6.45, 7) is 5.95. The smallest absolute Gasteiger partial charge is 0.331 e. The molecule has 28 heavy (non-hydrogen) atoms. The molecule has 1 aliphatic heterocycles. The van der Waals surface area contributed by atoms with Crippen LogP contribution in [0.1, 0.15) is 49.6 Å². The summed E-state index contributed by atoms with van der Waals surface area (Å²) < 4.78 is 1.28. The van der Waals surface area contributed by atoms with Crippen LogP contribution in [-0.2, 0) is 13.0 Å². The molecule has 0 spiro atoms. The lowest BCUT2D eigenvalue weighted by molar-refractivity contribution is 0.214. The summed E-state index contributed by atoms with van der Waals surface area (Å²) in [7, 11) is 0. The molecule has 0 saturated heterocycles. The van der Waals surface area contributed by atoms with Gasteiger partial charge in [-0.2, -0.15) is 0 Å². The lowest BCUT2D eigenvalue weighted by Gasteiger charge is -2.35. The van der Waals surface area contributed by atoms with Crippen LogP contribution in [0.2, 0.25) is 0 Å². The molecule has 0 saturated carbocycles. The molecule has 1 aliphatic rings. The van der Waals surface area contributed by atoms with E-state index in [-0.39, 0.29) is 11.4 Å². The molecule has 0 radical (unpaired) electrons. The first-order chi connectivity index (χ1) is 13.6. The number of fused-ring (bicyclic) bond motifs is 3. The number of likely N-dealkylation sites (N-methyl/N-ethyl adjacent to an activating group) is 1. The number of hydrogen-bond acceptors (Lipinski definition) is 4. The van der Waals surface area contributed by atoms with Crippen molar-refractivity contribution >= 4 is 10.9 Å². The third-order valence-electron chi connectivity index (χ3n) is 5.76. The number of aromatic nitrogens is 3. The van der Waals surface area contributed by atoms with Crippen LogP contribution in [0.3, 0.4) is 0 Å². The maximum atomic E-state index is 12.8. The average molecular weight is 382 g/mol. The zero-order valence-corrected chi connectivity index (χ0v) is 16.3. The van der Waals surface area contributed by atoms with Gasteiger partial charge in [-0.1, -0.05) is 38.5 Å². The van der Waals surface area contributed by atoms with Crippen LogP contribution in [0.25, 0.3) is 10.9 Å². The lowest BCUT2D eigenvalue weighted by Crippen LogP contribution is -2.41. The number of aromatic hydroxyl groups is 1. The summed E-state index contributed by atoms with van der Waals surface area (Å²) in [5.74, 6) is -0.225. The second-order valence-electron chi connectivity index (χ2n) is 7.35. The molecule has 3 aromatic rings. The molecule has 4 rings (SSSR count). The summed E-state index contributed by atoms with van der Waals surface area (Å²) in [6, 6.07) is 7.67. The highest BCUT2D eigenvalue weighted by Crippen LogP contribution is 2.39. The van der Waals surface area contributed by atoms with Crippen molar-refractivity contribution in [3.63, 3.8) is 0 Å². The first kappa shape index (κ1) is 18.6. The molecule has 1 aromatic carbocycles. The third-order valence-corrected chi connectivity index (χ3v) is 5.76. The number of aromatic amines is 2. The van der Waals surface area contributed by atoms with Crippen LogP contribution in [0.15, 0.2) is 33.9 Å². The summed E-state index contributed by atoms with van der Waals surface area (Å²) in [5.41, 5.74) is 2.28. The van der Waals surface area contributed by atoms with Gasteiger partial charge in [0.2, 0.25) is 5.88 Å². The van der Waals surface area contributed by atoms with Crippen molar-refractivity contribution in [3.8, 4) is 5.88 Å². The van der Waals surface area contributed by atoms with E-state index in [1.54, 1.807) is 0 Å². The van der Waals surface area contributed by atoms with Crippen LogP contribution < -0.4 is 11.2 Å². The predicted octanol–water partition coefficient (Wildman–Crippen LogP) is 2.49. The Hall–Kier alpha value is -2.80. The van der Waals surface area contributed by atoms with Gasteiger partial charge in [-0.25, -0.2) is 4.79 Å². The fraction of sp³-hybridized carbons (Fsp3) is 0.429. The summed E-state index contributed by atoms with van der Waals surface area (Å²) in [5, 5.41) is 12.1. The van der Waals surface area contributed by atoms with Crippen molar-refractivity contribution in [1.82, 2.24) is 19.4 Å². The van der Waals surface area contributed by atoms with E-state index >= 15 is 0 Å². The fourth-order valence-electron chi connectivity index (χ4n) is 4.30. The Morgan fingerprint density at radius 2 is 1.96 bits per heavy atom. The third kappa shape index (κ3) is 2.86. The van der Waals surface area contributed by atoms with E-state index in [2.05, 4.69) is 20.9 Å². The van der Waals surface area contributed by atoms with E-state index in [9.17, 15) is 14.7 Å². The molecule has 3 heterocycles. The first-order valence-electron chi connectivity index (χ1n) is 9.96. The van der Waals surface area contributed by atoms with Crippen molar-refractivity contribution in [3.05, 3.63) is 61.9 Å². The van der Waals surface area contributed by atoms with Gasteiger partial charge in [0.25, 0.3) is 5.56 Å². The van der Waals surface area contributed by atoms with E-state index in [1.807, 2.05) is 32.0 Å². The van der Waals surface area contributed by atoms with Crippen LogP contribution in [0, 0.1) is 0 Å². The number of rotatable bonds is 5. The molecule has 7 nitrogen and oxygen atoms in total. The van der Waals surface area contributed by atoms with Crippen LogP contribution in [0.4, 0.5) is 0 Å². The minimum Gasteiger partial charge on any atom is -0.494 e. The standard InChI is InChI=1S/C21H26N4O3/c1-3-5-11-25-20(27)16(19(26)23-21(25)28)18-17-14(10-12-24(18)4-2)13-8-6-7-9-15(13)22-17/h6-9,18,22,27H,3-5,10-12H2,1-2H3,(H,23,26,28)/t18-/m0/s1. The predicted molar refractivity (Wildman–Crippen MR) is 109 cm³/mol. The molecule has 7 heteroatoms. The molecule has 0 aliphatic carbocycles. The van der Waals surface area contributed by atoms with E-state index in [4.69, 9.17) is 0 Å². The number of unbranched alkanes of at least 4 members (excludes halogenated alkanes) is 1. The molecule has 3 N–H and O–H groups in total. The molecule has 0 amide bonds. The van der Waals surface area contributed by atoms with Crippen molar-refractivity contribution in [2.45, 2.75) is 45.7 Å². The van der Waals surface area contributed by atoms with Gasteiger partial charge < -0.3 is 10.1 Å². The highest BCUT2D eigenvalue weighted by molar-refractivity contribution is 5.85. The van der Waals surface area contributed by atoms with Gasteiger partial charge >= 0.3 is 5.69 Å². The highest BCUT2D eigenvalue weighted by atomic mass is 16.3. The number of nitrogens with one attached hydrogen (secondary N) is 2. The van der Waals surface area contributed by atoms with Crippen molar-refractivity contribution < 1.29 is 5.11 Å². The topological polar surface area (TPSA) is 94.1 Å². The molecule has 0 fully saturated rings. The van der Waals surface area contributed by atoms with E-state index in [0.717, 1.165) is 48.9 Å². The lowest BCUT2D eigenvalue weighted by atomic mass is 9.93. The molecule has 1 atom stereocenters. The van der Waals surface area contributed by atoms with Crippen molar-refractivity contribution in [1.29, 1.82) is 0 Å². The SMILES string of the molecule is CCCCn1c(O)c([C@H]2c3[nH]c4ccccc4c3CCN2CC)c(=O)[nH]c1=O. The zero-order chi connectivity index (χ0) is 19.8. The second kappa shape index (κ2) is 7.31. The number of H-pyrrole nitrogens is 2. The Morgan fingerprint density at radius 3 is 2.71 bits per heavy atom. The average Bonchev–Trinajstić information content (AvgIpc) is 3.06. The maximum absolute atomic E-state index is 12.8. The molecule has 0 unspecified atom stereocenters. The van der Waals surface area contributed by atoms with E-state index < -0.39 is 17.3 Å². The molecule has 2 aromatic heterocycles. The molecule has 0 bridgehead atoms. The largest absolute Gasteiger partial charge is 0.494 e. The van der Waals surface area contributed by atoms with Gasteiger partial charge in [-0.3, -0.25) is 19.2 Å². The Morgan fingerprint density at radius 1 is 1.18 bits per heavy atom. The first-order valence-corrected chi connectivity index (χ1v) is 9.96. The second-order valence-corrected chi connectivity index (χ2v) is 7.35. The van der Waals surface area contributed by atoms with Gasteiger partial charge in [0.1, 0.15) is 5.56 Å². The maximum Gasteiger partial charge on any atom is 0.331 e. The summed E-state index contributed by atoms with van der Waals surface area (Å²) in [6.07, 6.45) is 2.51. The fourth-order valence-corrected chi connectivity index (χ4v) is 4.30.